The largest absolute Gasteiger partial charge is 0.353 e. The highest BCUT2D eigenvalue weighted by atomic mass is 16.2. The molecule has 3 nitrogen and oxygen atoms in total. The molecule has 13 heavy (non-hydrogen) atoms. The second kappa shape index (κ2) is 3.29. The van der Waals surface area contributed by atoms with Crippen molar-refractivity contribution in [3.63, 3.8) is 0 Å². The molecular weight excluding hydrogens is 164 g/mol. The third kappa shape index (κ3) is 1.46. The fraction of sp³-hybridized carbons (Fsp3) is 0.900. The van der Waals surface area contributed by atoms with Crippen molar-refractivity contribution in [3.8, 4) is 0 Å². The van der Waals surface area contributed by atoms with E-state index in [0.717, 1.165) is 38.8 Å². The van der Waals surface area contributed by atoms with Crippen LogP contribution in [0.15, 0.2) is 0 Å². The summed E-state index contributed by atoms with van der Waals surface area (Å²) in [5.41, 5.74) is -0.00801. The van der Waals surface area contributed by atoms with E-state index >= 15 is 0 Å². The van der Waals surface area contributed by atoms with Gasteiger partial charge in [0, 0.05) is 6.04 Å². The van der Waals surface area contributed by atoms with E-state index in [2.05, 4.69) is 17.6 Å². The normalized spacial score (nSPS) is 32.1. The molecule has 0 radical (unpaired) electrons. The van der Waals surface area contributed by atoms with Crippen molar-refractivity contribution in [3.05, 3.63) is 0 Å². The molecule has 0 bridgehead atoms. The van der Waals surface area contributed by atoms with Gasteiger partial charge in [0.1, 0.15) is 0 Å². The number of rotatable bonds is 1. The molecule has 1 spiro atoms. The minimum absolute atomic E-state index is 0.00801. The number of nitrogens with one attached hydrogen (secondary N) is 2. The first-order valence-corrected chi connectivity index (χ1v) is 5.28. The lowest BCUT2D eigenvalue weighted by Gasteiger charge is -2.30. The zero-order chi connectivity index (χ0) is 9.31. The molecule has 2 aliphatic heterocycles. The molecular formula is C10H18N2O. The van der Waals surface area contributed by atoms with E-state index in [1.165, 1.54) is 0 Å². The summed E-state index contributed by atoms with van der Waals surface area (Å²) in [7, 11) is 0. The third-order valence-corrected chi connectivity index (χ3v) is 3.51. The zero-order valence-electron chi connectivity index (χ0n) is 8.23. The molecule has 2 N–H and O–H groups in total. The molecule has 0 aromatic heterocycles. The van der Waals surface area contributed by atoms with E-state index in [0.29, 0.717) is 11.9 Å². The van der Waals surface area contributed by atoms with Crippen LogP contribution in [0.4, 0.5) is 0 Å². The first-order valence-electron chi connectivity index (χ1n) is 5.28. The lowest BCUT2D eigenvalue weighted by atomic mass is 9.76. The van der Waals surface area contributed by atoms with Gasteiger partial charge in [0.25, 0.3) is 0 Å². The maximum absolute atomic E-state index is 11.8. The van der Waals surface area contributed by atoms with Crippen molar-refractivity contribution < 1.29 is 4.79 Å². The molecule has 0 aliphatic carbocycles. The lowest BCUT2D eigenvalue weighted by molar-refractivity contribution is -0.128. The number of amides is 1. The van der Waals surface area contributed by atoms with Gasteiger partial charge in [-0.25, -0.2) is 0 Å². The second-order valence-electron chi connectivity index (χ2n) is 4.31. The van der Waals surface area contributed by atoms with Gasteiger partial charge in [-0.05, 0) is 38.8 Å². The molecule has 2 fully saturated rings. The molecule has 3 heteroatoms. The Balaban J connectivity index is 2.08. The van der Waals surface area contributed by atoms with Crippen molar-refractivity contribution in [1.29, 1.82) is 0 Å². The van der Waals surface area contributed by atoms with Gasteiger partial charge >= 0.3 is 0 Å². The molecule has 1 unspecified atom stereocenters. The van der Waals surface area contributed by atoms with Gasteiger partial charge in [0.05, 0.1) is 5.41 Å². The molecule has 2 rings (SSSR count). The van der Waals surface area contributed by atoms with Crippen LogP contribution in [0, 0.1) is 5.41 Å². The fourth-order valence-electron chi connectivity index (χ4n) is 2.54. The summed E-state index contributed by atoms with van der Waals surface area (Å²) >= 11 is 0. The first-order chi connectivity index (χ1) is 6.27. The maximum Gasteiger partial charge on any atom is 0.226 e. The van der Waals surface area contributed by atoms with Gasteiger partial charge in [0.2, 0.25) is 5.91 Å². The van der Waals surface area contributed by atoms with Crippen molar-refractivity contribution in [2.75, 3.05) is 13.1 Å². The predicted molar refractivity (Wildman–Crippen MR) is 51.4 cm³/mol. The second-order valence-corrected chi connectivity index (χ2v) is 4.31. The maximum atomic E-state index is 11.8. The average molecular weight is 182 g/mol. The van der Waals surface area contributed by atoms with E-state index in [9.17, 15) is 4.79 Å². The Morgan fingerprint density at radius 3 is 2.69 bits per heavy atom. The highest BCUT2D eigenvalue weighted by Gasteiger charge is 2.46. The van der Waals surface area contributed by atoms with Crippen LogP contribution >= 0.6 is 0 Å². The smallest absolute Gasteiger partial charge is 0.226 e. The van der Waals surface area contributed by atoms with Crippen LogP contribution in [-0.2, 0) is 4.79 Å². The van der Waals surface area contributed by atoms with E-state index in [1.807, 2.05) is 0 Å². The standard InChI is InChI=1S/C10H18N2O/c1-2-8-7-10(9(13)12-8)3-5-11-6-4-10/h8,11H,2-7H2,1H3,(H,12,13). The van der Waals surface area contributed by atoms with Gasteiger partial charge in [-0.3, -0.25) is 4.79 Å². The fourth-order valence-corrected chi connectivity index (χ4v) is 2.54. The SMILES string of the molecule is CCC1CC2(CCNCC2)C(=O)N1. The Morgan fingerprint density at radius 2 is 2.15 bits per heavy atom. The highest BCUT2D eigenvalue weighted by molar-refractivity contribution is 5.85. The molecule has 2 heterocycles. The van der Waals surface area contributed by atoms with Gasteiger partial charge in [-0.2, -0.15) is 0 Å². The number of hydrogen-bond acceptors (Lipinski definition) is 2. The summed E-state index contributed by atoms with van der Waals surface area (Å²) in [5, 5.41) is 6.41. The minimum atomic E-state index is -0.00801. The average Bonchev–Trinajstić information content (AvgIpc) is 2.45. The summed E-state index contributed by atoms with van der Waals surface area (Å²) in [6.07, 6.45) is 4.18. The van der Waals surface area contributed by atoms with Crippen molar-refractivity contribution in [2.24, 2.45) is 5.41 Å². The Hall–Kier alpha value is -0.570. The van der Waals surface area contributed by atoms with Crippen LogP contribution in [0.2, 0.25) is 0 Å². The van der Waals surface area contributed by atoms with Crippen LogP contribution in [0.1, 0.15) is 32.6 Å². The van der Waals surface area contributed by atoms with Gasteiger partial charge in [0.15, 0.2) is 0 Å². The highest BCUT2D eigenvalue weighted by Crippen LogP contribution is 2.39. The van der Waals surface area contributed by atoms with Gasteiger partial charge < -0.3 is 10.6 Å². The van der Waals surface area contributed by atoms with E-state index < -0.39 is 0 Å². The summed E-state index contributed by atoms with van der Waals surface area (Å²) in [4.78, 5) is 11.8. The van der Waals surface area contributed by atoms with Crippen LogP contribution < -0.4 is 10.6 Å². The van der Waals surface area contributed by atoms with Crippen molar-refractivity contribution in [2.45, 2.75) is 38.6 Å². The first kappa shape index (κ1) is 9.00. The Kier molecular flexibility index (Phi) is 2.28. The molecule has 74 valence electrons. The molecule has 2 aliphatic rings. The van der Waals surface area contributed by atoms with Crippen LogP contribution in [0.25, 0.3) is 0 Å². The Morgan fingerprint density at radius 1 is 1.46 bits per heavy atom. The summed E-state index contributed by atoms with van der Waals surface area (Å²) in [6.45, 7) is 4.15. The zero-order valence-corrected chi connectivity index (χ0v) is 8.23. The van der Waals surface area contributed by atoms with Crippen molar-refractivity contribution >= 4 is 5.91 Å². The minimum Gasteiger partial charge on any atom is -0.353 e. The van der Waals surface area contributed by atoms with Gasteiger partial charge in [-0.1, -0.05) is 6.92 Å². The topological polar surface area (TPSA) is 41.1 Å². The lowest BCUT2D eigenvalue weighted by Crippen LogP contribution is -2.41. The van der Waals surface area contributed by atoms with Crippen molar-refractivity contribution in [1.82, 2.24) is 10.6 Å². The third-order valence-electron chi connectivity index (χ3n) is 3.51. The Bertz CT molecular complexity index is 209. The van der Waals surface area contributed by atoms with Gasteiger partial charge in [-0.15, -0.1) is 0 Å². The molecule has 0 aromatic rings. The number of carbonyl (C=O) groups excluding carboxylic acids is 1. The molecule has 0 aromatic carbocycles. The molecule has 1 atom stereocenters. The van der Waals surface area contributed by atoms with Crippen LogP contribution in [0.5, 0.6) is 0 Å². The van der Waals surface area contributed by atoms with E-state index in [4.69, 9.17) is 0 Å². The van der Waals surface area contributed by atoms with E-state index in [-0.39, 0.29) is 5.41 Å². The van der Waals surface area contributed by atoms with Crippen LogP contribution in [-0.4, -0.2) is 25.0 Å². The number of piperidine rings is 1. The molecule has 2 saturated heterocycles. The summed E-state index contributed by atoms with van der Waals surface area (Å²) in [5.74, 6) is 0.306. The summed E-state index contributed by atoms with van der Waals surface area (Å²) in [6, 6.07) is 0.436. The Labute approximate surface area is 79.3 Å². The number of carbonyl (C=O) groups is 1. The molecule has 0 saturated carbocycles. The predicted octanol–water partition coefficient (Wildman–Crippen LogP) is 0.655. The van der Waals surface area contributed by atoms with Crippen LogP contribution in [0.3, 0.4) is 0 Å². The quantitative estimate of drug-likeness (QED) is 0.625. The number of hydrogen-bond donors (Lipinski definition) is 2. The summed E-state index contributed by atoms with van der Waals surface area (Å²) < 4.78 is 0. The molecule has 1 amide bonds. The monoisotopic (exact) mass is 182 g/mol. The van der Waals surface area contributed by atoms with E-state index in [1.54, 1.807) is 0 Å².